The third-order valence-corrected chi connectivity index (χ3v) is 1.89. The number of carbonyl (C=O) groups excluding carboxylic acids is 1. The van der Waals surface area contributed by atoms with E-state index in [1.807, 2.05) is 0 Å². The van der Waals surface area contributed by atoms with Crippen LogP contribution in [0.2, 0.25) is 0 Å². The molecular formula is C6H11ClO5. The Labute approximate surface area is 74.2 Å². The van der Waals surface area contributed by atoms with Crippen LogP contribution in [0.5, 0.6) is 0 Å². The maximum Gasteiger partial charge on any atom is 0.150 e. The summed E-state index contributed by atoms with van der Waals surface area (Å²) in [6, 6.07) is 0. The number of halogens is 1. The number of aldehydes is 1. The minimum absolute atomic E-state index is 0.144. The van der Waals surface area contributed by atoms with Gasteiger partial charge in [0.15, 0.2) is 0 Å². The van der Waals surface area contributed by atoms with Gasteiger partial charge in [-0.2, -0.15) is 0 Å². The van der Waals surface area contributed by atoms with Gasteiger partial charge in [-0.3, -0.25) is 0 Å². The van der Waals surface area contributed by atoms with Crippen molar-refractivity contribution in [2.24, 2.45) is 0 Å². The van der Waals surface area contributed by atoms with Crippen LogP contribution in [-0.4, -0.2) is 57.0 Å². The molecular weight excluding hydrogens is 188 g/mol. The average molecular weight is 199 g/mol. The maximum absolute atomic E-state index is 9.97. The molecule has 0 bridgehead atoms. The molecule has 0 saturated heterocycles. The van der Waals surface area contributed by atoms with Gasteiger partial charge in [0, 0.05) is 0 Å². The predicted molar refractivity (Wildman–Crippen MR) is 40.8 cm³/mol. The van der Waals surface area contributed by atoms with Crippen molar-refractivity contribution in [3.8, 4) is 0 Å². The van der Waals surface area contributed by atoms with Crippen LogP contribution in [-0.2, 0) is 4.79 Å². The Hall–Kier alpha value is -0.200. The summed E-state index contributed by atoms with van der Waals surface area (Å²) in [7, 11) is 0. The van der Waals surface area contributed by atoms with Gasteiger partial charge in [-0.05, 0) is 0 Å². The lowest BCUT2D eigenvalue weighted by Gasteiger charge is -2.21. The van der Waals surface area contributed by atoms with Crippen molar-refractivity contribution in [3.05, 3.63) is 0 Å². The van der Waals surface area contributed by atoms with E-state index in [4.69, 9.17) is 32.0 Å². The molecule has 0 aliphatic heterocycles. The van der Waals surface area contributed by atoms with Crippen molar-refractivity contribution in [2.45, 2.75) is 23.7 Å². The molecule has 0 aromatic carbocycles. The number of hydrogen-bond donors (Lipinski definition) is 4. The van der Waals surface area contributed by atoms with Crippen LogP contribution in [0.1, 0.15) is 0 Å². The molecule has 72 valence electrons. The second-order valence-corrected chi connectivity index (χ2v) is 2.82. The van der Waals surface area contributed by atoms with Gasteiger partial charge >= 0.3 is 0 Å². The highest BCUT2D eigenvalue weighted by Crippen LogP contribution is 2.10. The minimum atomic E-state index is -1.55. The Morgan fingerprint density at radius 3 is 2.17 bits per heavy atom. The van der Waals surface area contributed by atoms with Crippen molar-refractivity contribution < 1.29 is 25.2 Å². The third kappa shape index (κ3) is 3.04. The van der Waals surface area contributed by atoms with Gasteiger partial charge in [-0.25, -0.2) is 0 Å². The van der Waals surface area contributed by atoms with Gasteiger partial charge < -0.3 is 25.2 Å². The first-order valence-corrected chi connectivity index (χ1v) is 3.72. The van der Waals surface area contributed by atoms with Crippen molar-refractivity contribution in [1.82, 2.24) is 0 Å². The van der Waals surface area contributed by atoms with E-state index in [0.29, 0.717) is 0 Å². The molecule has 4 N–H and O–H groups in total. The molecule has 0 rings (SSSR count). The predicted octanol–water partition coefficient (Wildman–Crippen LogP) is -2.13. The molecule has 0 amide bonds. The van der Waals surface area contributed by atoms with E-state index in [9.17, 15) is 4.79 Å². The van der Waals surface area contributed by atoms with Gasteiger partial charge in [-0.1, -0.05) is 0 Å². The summed E-state index contributed by atoms with van der Waals surface area (Å²) in [6.45, 7) is -0.685. The zero-order valence-electron chi connectivity index (χ0n) is 6.17. The zero-order chi connectivity index (χ0) is 9.72. The molecule has 6 heteroatoms. The quantitative estimate of drug-likeness (QED) is 0.299. The topological polar surface area (TPSA) is 98.0 Å². The van der Waals surface area contributed by atoms with E-state index in [1.165, 1.54) is 0 Å². The molecule has 0 aliphatic carbocycles. The number of rotatable bonds is 5. The second kappa shape index (κ2) is 5.45. The van der Waals surface area contributed by atoms with E-state index in [2.05, 4.69) is 0 Å². The van der Waals surface area contributed by atoms with E-state index >= 15 is 0 Å². The highest BCUT2D eigenvalue weighted by atomic mass is 35.5. The molecule has 0 aromatic rings. The summed E-state index contributed by atoms with van der Waals surface area (Å²) < 4.78 is 0. The summed E-state index contributed by atoms with van der Waals surface area (Å²) in [4.78, 5) is 9.97. The summed E-state index contributed by atoms with van der Waals surface area (Å²) in [6.07, 6.45) is -4.40. The molecule has 0 aromatic heterocycles. The van der Waals surface area contributed by atoms with Crippen molar-refractivity contribution >= 4 is 17.9 Å². The fourth-order valence-electron chi connectivity index (χ4n) is 0.597. The first kappa shape index (κ1) is 11.8. The SMILES string of the molecule is O=C[C@@H](O)[C@H](Cl)[C@H](O)[C@H](O)CO. The Bertz CT molecular complexity index is 142. The highest BCUT2D eigenvalue weighted by Gasteiger charge is 2.29. The molecule has 0 saturated carbocycles. The number of hydrogen-bond acceptors (Lipinski definition) is 5. The van der Waals surface area contributed by atoms with Crippen LogP contribution in [0, 0.1) is 0 Å². The van der Waals surface area contributed by atoms with Gasteiger partial charge in [0.05, 0.1) is 12.0 Å². The molecule has 12 heavy (non-hydrogen) atoms. The zero-order valence-corrected chi connectivity index (χ0v) is 6.92. The second-order valence-electron chi connectivity index (χ2n) is 2.31. The van der Waals surface area contributed by atoms with E-state index in [-0.39, 0.29) is 6.29 Å². The Morgan fingerprint density at radius 1 is 1.33 bits per heavy atom. The standard InChI is InChI=1S/C6H11ClO5/c7-5(3(10)1-8)6(12)4(11)2-9/h1,3-6,9-12H,2H2/t3-,4-,5+,6-/m1/s1. The molecule has 0 fully saturated rings. The number of aliphatic hydroxyl groups excluding tert-OH is 4. The lowest BCUT2D eigenvalue weighted by atomic mass is 10.1. The lowest BCUT2D eigenvalue weighted by molar-refractivity contribution is -0.117. The Balaban J connectivity index is 4.07. The number of aliphatic hydroxyl groups is 4. The molecule has 0 spiro atoms. The maximum atomic E-state index is 9.97. The van der Waals surface area contributed by atoms with Crippen molar-refractivity contribution in [1.29, 1.82) is 0 Å². The molecule has 0 heterocycles. The molecule has 5 nitrogen and oxygen atoms in total. The van der Waals surface area contributed by atoms with Crippen LogP contribution in [0.3, 0.4) is 0 Å². The molecule has 4 atom stereocenters. The van der Waals surface area contributed by atoms with Crippen LogP contribution in [0.25, 0.3) is 0 Å². The van der Waals surface area contributed by atoms with Crippen molar-refractivity contribution in [3.63, 3.8) is 0 Å². The lowest BCUT2D eigenvalue weighted by Crippen LogP contribution is -2.43. The van der Waals surface area contributed by atoms with Crippen LogP contribution >= 0.6 is 11.6 Å². The van der Waals surface area contributed by atoms with E-state index < -0.39 is 30.3 Å². The van der Waals surface area contributed by atoms with Crippen LogP contribution < -0.4 is 0 Å². The first-order chi connectivity index (χ1) is 5.54. The Morgan fingerprint density at radius 2 is 1.83 bits per heavy atom. The summed E-state index contributed by atoms with van der Waals surface area (Å²) in [5.74, 6) is 0. The smallest absolute Gasteiger partial charge is 0.150 e. The summed E-state index contributed by atoms with van der Waals surface area (Å²) >= 11 is 5.35. The first-order valence-electron chi connectivity index (χ1n) is 3.29. The molecule has 0 radical (unpaired) electrons. The average Bonchev–Trinajstić information content (AvgIpc) is 2.12. The van der Waals surface area contributed by atoms with E-state index in [0.717, 1.165) is 0 Å². The molecule has 0 unspecified atom stereocenters. The monoisotopic (exact) mass is 198 g/mol. The van der Waals surface area contributed by atoms with Gasteiger partial charge in [0.25, 0.3) is 0 Å². The van der Waals surface area contributed by atoms with E-state index in [1.54, 1.807) is 0 Å². The van der Waals surface area contributed by atoms with Gasteiger partial charge in [-0.15, -0.1) is 11.6 Å². The largest absolute Gasteiger partial charge is 0.394 e. The fraction of sp³-hybridized carbons (Fsp3) is 0.833. The number of carbonyl (C=O) groups is 1. The third-order valence-electron chi connectivity index (χ3n) is 1.37. The number of alkyl halides is 1. The highest BCUT2D eigenvalue weighted by molar-refractivity contribution is 6.22. The normalized spacial score (nSPS) is 21.1. The minimum Gasteiger partial charge on any atom is -0.394 e. The van der Waals surface area contributed by atoms with Gasteiger partial charge in [0.1, 0.15) is 24.6 Å². The Kier molecular flexibility index (Phi) is 5.36. The summed E-state index contributed by atoms with van der Waals surface area (Å²) in [5, 5.41) is 33.7. The van der Waals surface area contributed by atoms with Crippen LogP contribution in [0.4, 0.5) is 0 Å². The molecule has 0 aliphatic rings. The van der Waals surface area contributed by atoms with Gasteiger partial charge in [0.2, 0.25) is 0 Å². The summed E-state index contributed by atoms with van der Waals surface area (Å²) in [5.41, 5.74) is 0. The van der Waals surface area contributed by atoms with Crippen molar-refractivity contribution in [2.75, 3.05) is 6.61 Å². The van der Waals surface area contributed by atoms with Crippen LogP contribution in [0.15, 0.2) is 0 Å². The fourth-order valence-corrected chi connectivity index (χ4v) is 0.825.